The maximum Gasteiger partial charge on any atom is 0.135 e. The van der Waals surface area contributed by atoms with Crippen molar-refractivity contribution in [2.45, 2.75) is 20.3 Å². The number of pyridine rings is 1. The lowest BCUT2D eigenvalue weighted by Gasteiger charge is -2.02. The van der Waals surface area contributed by atoms with E-state index < -0.39 is 0 Å². The van der Waals surface area contributed by atoms with E-state index in [2.05, 4.69) is 6.07 Å². The monoisotopic (exact) mass is 212 g/mol. The van der Waals surface area contributed by atoms with Gasteiger partial charge in [-0.1, -0.05) is 0 Å². The van der Waals surface area contributed by atoms with Crippen molar-refractivity contribution in [1.29, 1.82) is 5.26 Å². The molecule has 2 rings (SSSR count). The number of ketones is 1. The smallest absolute Gasteiger partial charge is 0.135 e. The van der Waals surface area contributed by atoms with Crippen molar-refractivity contribution in [3.8, 4) is 6.07 Å². The normalized spacial score (nSPS) is 10.3. The van der Waals surface area contributed by atoms with Crippen LogP contribution >= 0.6 is 0 Å². The van der Waals surface area contributed by atoms with E-state index in [1.165, 1.54) is 0 Å². The molecule has 0 radical (unpaired) electrons. The van der Waals surface area contributed by atoms with Gasteiger partial charge in [-0.3, -0.25) is 4.79 Å². The number of carbonyl (C=O) groups is 1. The third-order valence-electron chi connectivity index (χ3n) is 2.64. The third kappa shape index (κ3) is 1.70. The molecule has 2 aromatic heterocycles. The Labute approximate surface area is 93.9 Å². The summed E-state index contributed by atoms with van der Waals surface area (Å²) >= 11 is 0. The first-order valence-electron chi connectivity index (χ1n) is 5.12. The Morgan fingerprint density at radius 1 is 1.50 bits per heavy atom. The van der Waals surface area contributed by atoms with Crippen LogP contribution in [0.3, 0.4) is 0 Å². The lowest BCUT2D eigenvalue weighted by Crippen LogP contribution is -2.02. The number of aromatic nitrogens is 1. The fraction of sp³-hybridized carbons (Fsp3) is 0.231. The first-order chi connectivity index (χ1) is 7.61. The standard InChI is InChI=1S/C13H12N2O/c1-9-5-12-4-3-11(7-14)8-15(12)13(9)6-10(2)16/h3-5,8H,6H2,1-2H3. The molecule has 0 bridgehead atoms. The average Bonchev–Trinajstić information content (AvgIpc) is 2.54. The first-order valence-corrected chi connectivity index (χ1v) is 5.12. The second-order valence-corrected chi connectivity index (χ2v) is 3.98. The summed E-state index contributed by atoms with van der Waals surface area (Å²) in [5.74, 6) is 0.130. The molecule has 16 heavy (non-hydrogen) atoms. The van der Waals surface area contributed by atoms with Crippen LogP contribution in [0.5, 0.6) is 0 Å². The van der Waals surface area contributed by atoms with Crippen LogP contribution in [0, 0.1) is 18.3 Å². The third-order valence-corrected chi connectivity index (χ3v) is 2.64. The van der Waals surface area contributed by atoms with Crippen LogP contribution in [0.2, 0.25) is 0 Å². The summed E-state index contributed by atoms with van der Waals surface area (Å²) in [5.41, 5.74) is 3.69. The fourth-order valence-electron chi connectivity index (χ4n) is 1.89. The van der Waals surface area contributed by atoms with Crippen molar-refractivity contribution >= 4 is 11.3 Å². The maximum absolute atomic E-state index is 11.2. The van der Waals surface area contributed by atoms with Gasteiger partial charge in [0.25, 0.3) is 0 Å². The van der Waals surface area contributed by atoms with Crippen molar-refractivity contribution in [3.05, 3.63) is 41.2 Å². The van der Waals surface area contributed by atoms with Gasteiger partial charge in [0.1, 0.15) is 11.9 Å². The van der Waals surface area contributed by atoms with Gasteiger partial charge < -0.3 is 4.40 Å². The summed E-state index contributed by atoms with van der Waals surface area (Å²) < 4.78 is 1.93. The summed E-state index contributed by atoms with van der Waals surface area (Å²) in [6, 6.07) is 7.81. The number of fused-ring (bicyclic) bond motifs is 1. The van der Waals surface area contributed by atoms with Crippen LogP contribution in [0.25, 0.3) is 5.52 Å². The van der Waals surface area contributed by atoms with Crippen LogP contribution in [0.15, 0.2) is 24.4 Å². The van der Waals surface area contributed by atoms with Gasteiger partial charge in [0.2, 0.25) is 0 Å². The van der Waals surface area contributed by atoms with E-state index >= 15 is 0 Å². The summed E-state index contributed by atoms with van der Waals surface area (Å²) in [7, 11) is 0. The molecule has 0 atom stereocenters. The first kappa shape index (κ1) is 10.4. The Kier molecular flexibility index (Phi) is 2.49. The molecule has 0 aromatic carbocycles. The fourth-order valence-corrected chi connectivity index (χ4v) is 1.89. The zero-order chi connectivity index (χ0) is 11.7. The SMILES string of the molecule is CC(=O)Cc1c(C)cc2ccc(C#N)cn12. The number of nitrogens with zero attached hydrogens (tertiary/aromatic N) is 2. The molecule has 0 aliphatic rings. The van der Waals surface area contributed by atoms with Crippen LogP contribution in [0.4, 0.5) is 0 Å². The Hall–Kier alpha value is -2.08. The molecular weight excluding hydrogens is 200 g/mol. The van der Waals surface area contributed by atoms with Crippen molar-refractivity contribution < 1.29 is 4.79 Å². The lowest BCUT2D eigenvalue weighted by molar-refractivity contribution is -0.116. The van der Waals surface area contributed by atoms with Crippen LogP contribution in [-0.2, 0) is 11.2 Å². The van der Waals surface area contributed by atoms with Gasteiger partial charge in [0, 0.05) is 23.8 Å². The minimum absolute atomic E-state index is 0.130. The van der Waals surface area contributed by atoms with E-state index in [-0.39, 0.29) is 5.78 Å². The molecule has 0 fully saturated rings. The number of aryl methyl sites for hydroxylation is 1. The number of carbonyl (C=O) groups excluding carboxylic acids is 1. The van der Waals surface area contributed by atoms with Crippen LogP contribution < -0.4 is 0 Å². The van der Waals surface area contributed by atoms with Crippen molar-refractivity contribution in [3.63, 3.8) is 0 Å². The Balaban J connectivity index is 2.66. The Bertz CT molecular complexity index is 602. The molecule has 0 spiro atoms. The highest BCUT2D eigenvalue weighted by molar-refractivity contribution is 5.78. The molecule has 0 amide bonds. The maximum atomic E-state index is 11.2. The molecule has 2 aromatic rings. The van der Waals surface area contributed by atoms with Crippen LogP contribution in [0.1, 0.15) is 23.7 Å². The van der Waals surface area contributed by atoms with Gasteiger partial charge in [-0.05, 0) is 37.6 Å². The highest BCUT2D eigenvalue weighted by Gasteiger charge is 2.09. The van der Waals surface area contributed by atoms with Gasteiger partial charge in [-0.25, -0.2) is 0 Å². The highest BCUT2D eigenvalue weighted by Crippen LogP contribution is 2.17. The highest BCUT2D eigenvalue weighted by atomic mass is 16.1. The largest absolute Gasteiger partial charge is 0.319 e. The molecular formula is C13H12N2O. The summed E-state index contributed by atoms with van der Waals surface area (Å²) in [4.78, 5) is 11.2. The van der Waals surface area contributed by atoms with E-state index in [1.807, 2.05) is 23.5 Å². The number of hydrogen-bond acceptors (Lipinski definition) is 2. The number of hydrogen-bond donors (Lipinski definition) is 0. The Morgan fingerprint density at radius 3 is 2.88 bits per heavy atom. The lowest BCUT2D eigenvalue weighted by atomic mass is 10.2. The quantitative estimate of drug-likeness (QED) is 0.766. The van der Waals surface area contributed by atoms with Gasteiger partial charge in [0.15, 0.2) is 0 Å². The number of nitriles is 1. The molecule has 0 unspecified atom stereocenters. The molecule has 0 N–H and O–H groups in total. The molecule has 0 saturated carbocycles. The van der Waals surface area contributed by atoms with Crippen molar-refractivity contribution in [1.82, 2.24) is 4.40 Å². The molecule has 80 valence electrons. The average molecular weight is 212 g/mol. The van der Waals surface area contributed by atoms with Crippen LogP contribution in [-0.4, -0.2) is 10.2 Å². The zero-order valence-electron chi connectivity index (χ0n) is 9.32. The zero-order valence-corrected chi connectivity index (χ0v) is 9.32. The van der Waals surface area contributed by atoms with Gasteiger partial charge in [-0.15, -0.1) is 0 Å². The number of Topliss-reactive ketones (excluding diaryl/α,β-unsaturated/α-hetero) is 1. The molecule has 2 heterocycles. The molecule has 3 heteroatoms. The summed E-state index contributed by atoms with van der Waals surface area (Å²) in [6.07, 6.45) is 2.19. The van der Waals surface area contributed by atoms with E-state index in [4.69, 9.17) is 5.26 Å². The molecule has 0 saturated heterocycles. The second-order valence-electron chi connectivity index (χ2n) is 3.98. The number of rotatable bonds is 2. The molecule has 0 aliphatic carbocycles. The van der Waals surface area contributed by atoms with Gasteiger partial charge >= 0.3 is 0 Å². The molecule has 3 nitrogen and oxygen atoms in total. The van der Waals surface area contributed by atoms with Crippen molar-refractivity contribution in [2.24, 2.45) is 0 Å². The minimum atomic E-state index is 0.130. The van der Waals surface area contributed by atoms with E-state index in [0.717, 1.165) is 16.8 Å². The second kappa shape index (κ2) is 3.82. The Morgan fingerprint density at radius 2 is 2.25 bits per heavy atom. The molecule has 0 aliphatic heterocycles. The van der Waals surface area contributed by atoms with Crippen molar-refractivity contribution in [2.75, 3.05) is 0 Å². The van der Waals surface area contributed by atoms with Gasteiger partial charge in [-0.2, -0.15) is 5.26 Å². The summed E-state index contributed by atoms with van der Waals surface area (Å²) in [6.45, 7) is 3.56. The summed E-state index contributed by atoms with van der Waals surface area (Å²) in [5, 5.41) is 8.85. The van der Waals surface area contributed by atoms with E-state index in [0.29, 0.717) is 12.0 Å². The van der Waals surface area contributed by atoms with Gasteiger partial charge in [0.05, 0.1) is 5.56 Å². The topological polar surface area (TPSA) is 45.3 Å². The predicted molar refractivity (Wildman–Crippen MR) is 61.2 cm³/mol. The predicted octanol–water partition coefficient (Wildman–Crippen LogP) is 2.25. The van der Waals surface area contributed by atoms with E-state index in [1.54, 1.807) is 19.2 Å². The van der Waals surface area contributed by atoms with E-state index in [9.17, 15) is 4.79 Å². The minimum Gasteiger partial charge on any atom is -0.319 e.